The van der Waals surface area contributed by atoms with Crippen LogP contribution in [0.3, 0.4) is 0 Å². The average molecular weight is 833 g/mol. The van der Waals surface area contributed by atoms with Gasteiger partial charge in [-0.15, -0.1) is 0 Å². The van der Waals surface area contributed by atoms with Crippen LogP contribution in [0.2, 0.25) is 39.3 Å². The monoisotopic (exact) mass is 832 g/mol. The summed E-state index contributed by atoms with van der Waals surface area (Å²) in [6, 6.07) is 8.32. The van der Waals surface area contributed by atoms with Crippen LogP contribution in [0, 0.1) is 11.3 Å². The van der Waals surface area contributed by atoms with E-state index in [1.165, 1.54) is 41.6 Å². The molecule has 4 aromatic heterocycles. The molecule has 0 aromatic carbocycles. The number of ether oxygens (including phenoxy) is 3. The van der Waals surface area contributed by atoms with Crippen LogP contribution < -0.4 is 11.5 Å². The summed E-state index contributed by atoms with van der Waals surface area (Å²) in [4.78, 5) is 7.76. The Kier molecular flexibility index (Phi) is 13.3. The standard InChI is InChI=1S/C14H20N4O5.C13H15N5O4.C8H21NOSi2/c1-3-22-14(13(2,21)11(20)9(6-19)23-14)10-5-4-8-12(15)16-7-17-18(8)10;1-12(21)10(20)8(4-19)22-13(12,5-14)9-3-2-7-11(15)16-6-17-18(7)9;1-8(9-11(2,3)4)10-12(5,6)7/h4-5,7,9,11,19-21H,3,6H2,1-2H3,(H2,15,16,17);2-3,6,8,10,19-21H,4H2,1H3,(H2,15,16,17);1-7H3/t9-,11-,13-,14?;8-,10-,12-,13?;/m11./s1. The Hall–Kier alpha value is -4.13. The van der Waals surface area contributed by atoms with Gasteiger partial charge in [-0.1, -0.05) is 0 Å². The molecular formula is C35H56N10O10Si2. The number of hydrogen-bond acceptors (Lipinski definition) is 18. The Morgan fingerprint density at radius 1 is 0.860 bits per heavy atom. The Morgan fingerprint density at radius 2 is 1.33 bits per heavy atom. The van der Waals surface area contributed by atoms with Crippen LogP contribution in [-0.2, 0) is 30.0 Å². The molecule has 0 spiro atoms. The Balaban J connectivity index is 0.000000200. The minimum absolute atomic E-state index is 0.194. The van der Waals surface area contributed by atoms with Gasteiger partial charge in [0, 0.05) is 13.5 Å². The summed E-state index contributed by atoms with van der Waals surface area (Å²) in [7, 11) is -2.76. The van der Waals surface area contributed by atoms with Crippen molar-refractivity contribution in [1.82, 2.24) is 29.2 Å². The number of hydrogen-bond donors (Lipinski definition) is 8. The fraction of sp³-hybridized carbons (Fsp3) is 0.600. The number of aliphatic hydroxyl groups excluding tert-OH is 4. The maximum atomic E-state index is 10.9. The van der Waals surface area contributed by atoms with Crippen molar-refractivity contribution in [1.29, 1.82) is 5.26 Å². The van der Waals surface area contributed by atoms with Crippen molar-refractivity contribution in [3.8, 4) is 6.07 Å². The van der Waals surface area contributed by atoms with Gasteiger partial charge in [-0.2, -0.15) is 15.5 Å². The van der Waals surface area contributed by atoms with Crippen molar-refractivity contribution in [2.24, 2.45) is 4.66 Å². The molecule has 6 heterocycles. The summed E-state index contributed by atoms with van der Waals surface area (Å²) in [5, 5.41) is 78.6. The van der Waals surface area contributed by atoms with Crippen LogP contribution in [0.1, 0.15) is 39.1 Å². The topological polar surface area (TPSA) is 307 Å². The smallest absolute Gasteiger partial charge is 0.245 e. The van der Waals surface area contributed by atoms with E-state index in [2.05, 4.69) is 64.1 Å². The lowest BCUT2D eigenvalue weighted by atomic mass is 9.80. The van der Waals surface area contributed by atoms with Gasteiger partial charge in [-0.25, -0.2) is 19.0 Å². The molecular weight excluding hydrogens is 777 g/mol. The third kappa shape index (κ3) is 8.55. The summed E-state index contributed by atoms with van der Waals surface area (Å²) >= 11 is 0. The van der Waals surface area contributed by atoms with Crippen LogP contribution in [0.25, 0.3) is 11.0 Å². The fourth-order valence-corrected chi connectivity index (χ4v) is 8.88. The second kappa shape index (κ2) is 16.6. The first kappa shape index (κ1) is 45.6. The van der Waals surface area contributed by atoms with E-state index in [1.54, 1.807) is 25.1 Å². The van der Waals surface area contributed by atoms with E-state index in [-0.39, 0.29) is 23.9 Å². The Bertz CT molecular complexity index is 2090. The lowest BCUT2D eigenvalue weighted by Gasteiger charge is -2.38. The summed E-state index contributed by atoms with van der Waals surface area (Å²) < 4.78 is 30.1. The number of nitrogens with two attached hydrogens (primary N) is 2. The predicted molar refractivity (Wildman–Crippen MR) is 213 cm³/mol. The van der Waals surface area contributed by atoms with E-state index >= 15 is 0 Å². The molecule has 20 nitrogen and oxygen atoms in total. The molecule has 0 radical (unpaired) electrons. The third-order valence-corrected chi connectivity index (χ3v) is 11.2. The maximum Gasteiger partial charge on any atom is 0.245 e. The molecule has 0 saturated carbocycles. The molecule has 6 rings (SSSR count). The van der Waals surface area contributed by atoms with E-state index in [9.17, 15) is 35.9 Å². The first-order valence-corrected chi connectivity index (χ1v) is 25.1. The molecule has 8 atom stereocenters. The molecule has 2 aliphatic heterocycles. The van der Waals surface area contributed by atoms with Gasteiger partial charge in [0.2, 0.25) is 19.7 Å². The molecule has 2 aliphatic rings. The van der Waals surface area contributed by atoms with Gasteiger partial charge in [-0.3, -0.25) is 4.66 Å². The molecule has 314 valence electrons. The number of nitrogen functional groups attached to an aromatic ring is 2. The fourth-order valence-electron chi connectivity index (χ4n) is 6.86. The summed E-state index contributed by atoms with van der Waals surface area (Å²) in [5.74, 6) is -0.365. The molecule has 0 bridgehead atoms. The van der Waals surface area contributed by atoms with Crippen LogP contribution in [-0.4, -0.2) is 138 Å². The van der Waals surface area contributed by atoms with Gasteiger partial charge in [0.15, 0.2) is 31.4 Å². The normalized spacial score (nSPS) is 30.4. The average Bonchev–Trinajstić information content (AvgIpc) is 3.84. The Morgan fingerprint density at radius 3 is 1.75 bits per heavy atom. The Labute approximate surface area is 332 Å². The number of anilines is 2. The van der Waals surface area contributed by atoms with E-state index in [4.69, 9.17) is 30.1 Å². The van der Waals surface area contributed by atoms with E-state index in [0.29, 0.717) is 16.7 Å². The van der Waals surface area contributed by atoms with Crippen LogP contribution in [0.4, 0.5) is 11.6 Å². The first-order valence-electron chi connectivity index (χ1n) is 18.2. The largest absolute Gasteiger partial charge is 0.535 e. The number of rotatable bonds is 8. The highest BCUT2D eigenvalue weighted by Crippen LogP contribution is 2.49. The van der Waals surface area contributed by atoms with E-state index in [0.717, 1.165) is 5.90 Å². The molecule has 0 aliphatic carbocycles. The lowest BCUT2D eigenvalue weighted by Crippen LogP contribution is -2.54. The predicted octanol–water partition coefficient (Wildman–Crippen LogP) is 0.628. The molecule has 4 aromatic rings. The summed E-state index contributed by atoms with van der Waals surface area (Å²) in [6.45, 7) is 18.7. The van der Waals surface area contributed by atoms with Gasteiger partial charge >= 0.3 is 0 Å². The van der Waals surface area contributed by atoms with Gasteiger partial charge in [-0.05, 0) is 84.3 Å². The number of aliphatic hydroxyl groups is 6. The van der Waals surface area contributed by atoms with E-state index in [1.807, 2.05) is 13.0 Å². The van der Waals surface area contributed by atoms with E-state index < -0.39 is 76.8 Å². The number of fused-ring (bicyclic) bond motifs is 2. The van der Waals surface area contributed by atoms with Gasteiger partial charge in [0.05, 0.1) is 18.9 Å². The minimum atomic E-state index is -1.96. The molecule has 2 unspecified atom stereocenters. The zero-order valence-corrected chi connectivity index (χ0v) is 35.9. The van der Waals surface area contributed by atoms with Gasteiger partial charge in [0.1, 0.15) is 65.5 Å². The van der Waals surface area contributed by atoms with Crippen LogP contribution in [0.5, 0.6) is 0 Å². The minimum Gasteiger partial charge on any atom is -0.535 e. The highest BCUT2D eigenvalue weighted by Gasteiger charge is 2.66. The van der Waals surface area contributed by atoms with Crippen molar-refractivity contribution < 1.29 is 49.3 Å². The zero-order valence-electron chi connectivity index (χ0n) is 33.9. The quantitative estimate of drug-likeness (QED) is 0.0686. The molecule has 22 heteroatoms. The molecule has 57 heavy (non-hydrogen) atoms. The molecule has 2 saturated heterocycles. The van der Waals surface area contributed by atoms with Gasteiger partial charge in [0.25, 0.3) is 0 Å². The van der Waals surface area contributed by atoms with Crippen LogP contribution in [0.15, 0.2) is 41.6 Å². The second-order valence-corrected chi connectivity index (χ2v) is 25.0. The highest BCUT2D eigenvalue weighted by molar-refractivity contribution is 6.76. The van der Waals surface area contributed by atoms with Crippen molar-refractivity contribution in [2.45, 2.75) is 114 Å². The van der Waals surface area contributed by atoms with Gasteiger partial charge < -0.3 is 60.7 Å². The highest BCUT2D eigenvalue weighted by atomic mass is 28.4. The second-order valence-electron chi connectivity index (χ2n) is 16.0. The number of nitrogens with zero attached hydrogens (tertiary/aromatic N) is 8. The first-order chi connectivity index (χ1) is 26.4. The molecule has 10 N–H and O–H groups in total. The van der Waals surface area contributed by atoms with Crippen molar-refractivity contribution in [3.05, 3.63) is 48.3 Å². The number of nitriles is 1. The summed E-state index contributed by atoms with van der Waals surface area (Å²) in [5.41, 5.74) is 7.40. The molecule has 0 amide bonds. The van der Waals surface area contributed by atoms with Crippen LogP contribution >= 0.6 is 0 Å². The van der Waals surface area contributed by atoms with Crippen molar-refractivity contribution in [3.63, 3.8) is 0 Å². The lowest BCUT2D eigenvalue weighted by molar-refractivity contribution is -0.300. The third-order valence-electron chi connectivity index (χ3n) is 9.35. The zero-order chi connectivity index (χ0) is 42.9. The van der Waals surface area contributed by atoms with Crippen molar-refractivity contribution >= 4 is 45.1 Å². The maximum absolute atomic E-state index is 10.9. The van der Waals surface area contributed by atoms with Crippen molar-refractivity contribution in [2.75, 3.05) is 31.3 Å². The summed E-state index contributed by atoms with van der Waals surface area (Å²) in [6.07, 6.45) is -2.40. The molecule has 2 fully saturated rings. The SMILES string of the molecule is CC(=N[Si](C)(C)C)O[Si](C)(C)C.CCOC1(c2ccc3c(N)ncnn23)O[C@H](CO)[C@@H](O)[C@@]1(C)O.C[C@@]1(O)[C@H](O)[C@@H](CO)OC1(C#N)c1ccc2c(N)ncnn12. The number of aromatic nitrogens is 6.